The van der Waals surface area contributed by atoms with Crippen molar-refractivity contribution in [2.75, 3.05) is 18.0 Å². The van der Waals surface area contributed by atoms with Crippen LogP contribution in [0.5, 0.6) is 0 Å². The summed E-state index contributed by atoms with van der Waals surface area (Å²) in [5.41, 5.74) is 0.0442. The molecule has 98 valence electrons. The van der Waals surface area contributed by atoms with Gasteiger partial charge in [0.05, 0.1) is 0 Å². The highest BCUT2D eigenvalue weighted by Gasteiger charge is 2.23. The molecule has 0 atom stereocenters. The molecule has 1 aromatic rings. The summed E-state index contributed by atoms with van der Waals surface area (Å²) in [6, 6.07) is 2.55. The van der Waals surface area contributed by atoms with Crippen molar-refractivity contribution < 1.29 is 13.6 Å². The van der Waals surface area contributed by atoms with E-state index in [1.807, 2.05) is 0 Å². The van der Waals surface area contributed by atoms with Gasteiger partial charge in [0, 0.05) is 24.0 Å². The van der Waals surface area contributed by atoms with E-state index in [2.05, 4.69) is 15.9 Å². The third kappa shape index (κ3) is 2.88. The van der Waals surface area contributed by atoms with Crippen molar-refractivity contribution in [1.29, 1.82) is 0 Å². The maximum absolute atomic E-state index is 13.8. The number of anilines is 1. The Balaban J connectivity index is 2.12. The average Bonchev–Trinajstić information content (AvgIpc) is 2.30. The van der Waals surface area contributed by atoms with Gasteiger partial charge in [-0.1, -0.05) is 15.9 Å². The molecule has 1 aromatic carbocycles. The van der Waals surface area contributed by atoms with Crippen LogP contribution in [0.4, 0.5) is 14.5 Å². The summed E-state index contributed by atoms with van der Waals surface area (Å²) in [5.74, 6) is -0.744. The summed E-state index contributed by atoms with van der Waals surface area (Å²) in [5, 5.41) is 0. The van der Waals surface area contributed by atoms with Crippen LogP contribution in [-0.2, 0) is 4.79 Å². The number of halogens is 3. The maximum atomic E-state index is 13.8. The van der Waals surface area contributed by atoms with E-state index in [0.717, 1.165) is 19.1 Å². The minimum absolute atomic E-state index is 0.0442. The van der Waals surface area contributed by atoms with Crippen molar-refractivity contribution in [1.82, 2.24) is 0 Å². The van der Waals surface area contributed by atoms with E-state index >= 15 is 0 Å². The Bertz CT molecular complexity index is 422. The average molecular weight is 318 g/mol. The number of benzene rings is 1. The van der Waals surface area contributed by atoms with Crippen molar-refractivity contribution in [3.05, 3.63) is 28.2 Å². The predicted octanol–water partition coefficient (Wildman–Crippen LogP) is 3.53. The fourth-order valence-corrected chi connectivity index (χ4v) is 2.77. The van der Waals surface area contributed by atoms with Gasteiger partial charge in [0.15, 0.2) is 11.6 Å². The van der Waals surface area contributed by atoms with Crippen molar-refractivity contribution in [3.8, 4) is 0 Å². The van der Waals surface area contributed by atoms with E-state index in [0.29, 0.717) is 29.9 Å². The number of rotatable bonds is 3. The highest BCUT2D eigenvalue weighted by molar-refractivity contribution is 9.10. The van der Waals surface area contributed by atoms with Crippen LogP contribution >= 0.6 is 15.9 Å². The Hall–Kier alpha value is -0.970. The first kappa shape index (κ1) is 13.5. The summed E-state index contributed by atoms with van der Waals surface area (Å²) in [7, 11) is 0. The lowest BCUT2D eigenvalue weighted by Gasteiger charge is -2.33. The van der Waals surface area contributed by atoms with Crippen molar-refractivity contribution in [2.24, 2.45) is 5.92 Å². The molecule has 0 spiro atoms. The van der Waals surface area contributed by atoms with Crippen LogP contribution in [0.15, 0.2) is 16.6 Å². The first-order valence-electron chi connectivity index (χ1n) is 5.95. The van der Waals surface area contributed by atoms with E-state index in [1.54, 1.807) is 4.90 Å². The number of nitrogens with zero attached hydrogens (tertiary/aromatic N) is 1. The van der Waals surface area contributed by atoms with Crippen LogP contribution in [0.25, 0.3) is 0 Å². The van der Waals surface area contributed by atoms with E-state index in [9.17, 15) is 13.6 Å². The van der Waals surface area contributed by atoms with E-state index < -0.39 is 11.6 Å². The number of hydrogen-bond acceptors (Lipinski definition) is 2. The molecule has 2 nitrogen and oxygen atoms in total. The summed E-state index contributed by atoms with van der Waals surface area (Å²) in [6.07, 6.45) is 3.06. The number of carbonyl (C=O) groups excluding carboxylic acids is 1. The van der Waals surface area contributed by atoms with Crippen molar-refractivity contribution >= 4 is 27.9 Å². The first-order chi connectivity index (χ1) is 8.61. The quantitative estimate of drug-likeness (QED) is 0.795. The minimum atomic E-state index is -0.546. The molecule has 1 fully saturated rings. The third-order valence-electron chi connectivity index (χ3n) is 3.34. The maximum Gasteiger partial charge on any atom is 0.150 e. The van der Waals surface area contributed by atoms with Gasteiger partial charge in [0.1, 0.15) is 12.0 Å². The lowest BCUT2D eigenvalue weighted by atomic mass is 9.94. The number of carbonyl (C=O) groups is 1. The number of aldehydes is 1. The second-order valence-corrected chi connectivity index (χ2v) is 5.47. The zero-order valence-corrected chi connectivity index (χ0v) is 11.4. The molecule has 5 heteroatoms. The van der Waals surface area contributed by atoms with Crippen LogP contribution in [0.3, 0.4) is 0 Å². The molecule has 2 rings (SSSR count). The van der Waals surface area contributed by atoms with Crippen LogP contribution in [0.1, 0.15) is 19.3 Å². The first-order valence-corrected chi connectivity index (χ1v) is 6.74. The van der Waals surface area contributed by atoms with Crippen molar-refractivity contribution in [2.45, 2.75) is 19.3 Å². The van der Waals surface area contributed by atoms with Gasteiger partial charge < -0.3 is 9.69 Å². The topological polar surface area (TPSA) is 20.3 Å². The Kier molecular flexibility index (Phi) is 4.32. The molecule has 0 N–H and O–H groups in total. The van der Waals surface area contributed by atoms with Gasteiger partial charge in [-0.2, -0.15) is 0 Å². The second-order valence-electron chi connectivity index (χ2n) is 4.55. The molecule has 0 saturated carbocycles. The van der Waals surface area contributed by atoms with Gasteiger partial charge >= 0.3 is 0 Å². The molecule has 0 aromatic heterocycles. The highest BCUT2D eigenvalue weighted by atomic mass is 79.9. The van der Waals surface area contributed by atoms with Gasteiger partial charge in [-0.3, -0.25) is 0 Å². The zero-order chi connectivity index (χ0) is 13.1. The molecule has 0 unspecified atom stereocenters. The molecule has 1 saturated heterocycles. The molecular weight excluding hydrogens is 304 g/mol. The molecule has 1 aliphatic rings. The normalized spacial score (nSPS) is 16.9. The highest BCUT2D eigenvalue weighted by Crippen LogP contribution is 2.31. The number of hydrogen-bond donors (Lipinski definition) is 0. The van der Waals surface area contributed by atoms with Crippen LogP contribution in [0, 0.1) is 17.6 Å². The van der Waals surface area contributed by atoms with Gasteiger partial charge in [0.2, 0.25) is 0 Å². The molecular formula is C13H14BrF2NO. The Morgan fingerprint density at radius 2 is 1.83 bits per heavy atom. The van der Waals surface area contributed by atoms with Gasteiger partial charge in [-0.05, 0) is 30.9 Å². The fourth-order valence-electron chi connectivity index (χ4n) is 2.37. The largest absolute Gasteiger partial charge is 0.367 e. The number of piperidine rings is 1. The molecule has 1 heterocycles. The Morgan fingerprint density at radius 1 is 1.28 bits per heavy atom. The fraction of sp³-hybridized carbons (Fsp3) is 0.462. The zero-order valence-electron chi connectivity index (χ0n) is 9.83. The predicted molar refractivity (Wildman–Crippen MR) is 69.7 cm³/mol. The van der Waals surface area contributed by atoms with Crippen LogP contribution in [0.2, 0.25) is 0 Å². The Labute approximate surface area is 113 Å². The summed E-state index contributed by atoms with van der Waals surface area (Å²) < 4.78 is 27.9. The molecule has 18 heavy (non-hydrogen) atoms. The SMILES string of the molecule is O=CCC1CCN(c2c(F)cc(Br)cc2F)CC1. The molecule has 0 aliphatic carbocycles. The van der Waals surface area contributed by atoms with Crippen molar-refractivity contribution in [3.63, 3.8) is 0 Å². The monoisotopic (exact) mass is 317 g/mol. The summed E-state index contributed by atoms with van der Waals surface area (Å²) in [4.78, 5) is 12.2. The van der Waals surface area contributed by atoms with E-state index in [4.69, 9.17) is 0 Å². The van der Waals surface area contributed by atoms with Gasteiger partial charge in [-0.15, -0.1) is 0 Å². The summed E-state index contributed by atoms with van der Waals surface area (Å²) >= 11 is 3.06. The second kappa shape index (κ2) is 5.78. The standard InChI is InChI=1S/C13H14BrF2NO/c14-10-7-11(15)13(12(16)8-10)17-4-1-9(2-5-17)3-6-18/h6-9H,1-5H2. The third-order valence-corrected chi connectivity index (χ3v) is 3.80. The molecule has 0 bridgehead atoms. The molecule has 0 radical (unpaired) electrons. The lowest BCUT2D eigenvalue weighted by molar-refractivity contribution is -0.108. The van der Waals surface area contributed by atoms with Gasteiger partial charge in [0.25, 0.3) is 0 Å². The van der Waals surface area contributed by atoms with E-state index in [1.165, 1.54) is 12.1 Å². The van der Waals surface area contributed by atoms with Crippen LogP contribution < -0.4 is 4.90 Å². The van der Waals surface area contributed by atoms with Gasteiger partial charge in [-0.25, -0.2) is 8.78 Å². The Morgan fingerprint density at radius 3 is 2.33 bits per heavy atom. The molecule has 1 aliphatic heterocycles. The minimum Gasteiger partial charge on any atom is -0.367 e. The smallest absolute Gasteiger partial charge is 0.150 e. The lowest BCUT2D eigenvalue weighted by Crippen LogP contribution is -2.35. The molecule has 0 amide bonds. The van der Waals surface area contributed by atoms with E-state index in [-0.39, 0.29) is 5.69 Å². The van der Waals surface area contributed by atoms with Crippen LogP contribution in [-0.4, -0.2) is 19.4 Å². The summed E-state index contributed by atoms with van der Waals surface area (Å²) in [6.45, 7) is 1.18.